The van der Waals surface area contributed by atoms with E-state index in [1.165, 1.54) is 10.6 Å². The van der Waals surface area contributed by atoms with Crippen molar-refractivity contribution >= 4 is 15.9 Å². The Morgan fingerprint density at radius 1 is 1.52 bits per heavy atom. The molecule has 0 aromatic carbocycles. The van der Waals surface area contributed by atoms with E-state index in [4.69, 9.17) is 0 Å². The number of nitrogens with zero attached hydrogens (tertiary/aromatic N) is 2. The molecular formula is C13H20F2N4O3S. The van der Waals surface area contributed by atoms with Crippen molar-refractivity contribution in [3.63, 3.8) is 0 Å². The molecule has 1 aromatic rings. The van der Waals surface area contributed by atoms with E-state index in [1.807, 2.05) is 0 Å². The van der Waals surface area contributed by atoms with Gasteiger partial charge in [-0.15, -0.1) is 0 Å². The summed E-state index contributed by atoms with van der Waals surface area (Å²) in [4.78, 5) is 11.8. The smallest absolute Gasteiger partial charge is 0.279 e. The van der Waals surface area contributed by atoms with E-state index in [1.54, 1.807) is 0 Å². The molecule has 1 saturated heterocycles. The third kappa shape index (κ3) is 4.71. The quantitative estimate of drug-likeness (QED) is 0.808. The summed E-state index contributed by atoms with van der Waals surface area (Å²) in [5.74, 6) is -0.560. The number of nitrogens with one attached hydrogen (secondary N) is 2. The number of rotatable bonds is 6. The van der Waals surface area contributed by atoms with E-state index >= 15 is 0 Å². The molecule has 0 bridgehead atoms. The zero-order valence-corrected chi connectivity index (χ0v) is 13.6. The number of halogens is 2. The van der Waals surface area contributed by atoms with Crippen LogP contribution in [0.4, 0.5) is 8.78 Å². The molecule has 1 aliphatic heterocycles. The van der Waals surface area contributed by atoms with Crippen LogP contribution in [0.2, 0.25) is 0 Å². The largest absolute Gasteiger partial charge is 0.351 e. The predicted molar refractivity (Wildman–Crippen MR) is 79.7 cm³/mol. The van der Waals surface area contributed by atoms with Crippen LogP contribution < -0.4 is 5.32 Å². The Labute approximate surface area is 133 Å². The van der Waals surface area contributed by atoms with Crippen LogP contribution in [0.3, 0.4) is 0 Å². The van der Waals surface area contributed by atoms with Gasteiger partial charge in [-0.25, -0.2) is 17.2 Å². The minimum Gasteiger partial charge on any atom is -0.351 e. The minimum absolute atomic E-state index is 0.107. The second-order valence-electron chi connectivity index (χ2n) is 5.58. The lowest BCUT2D eigenvalue weighted by Crippen LogP contribution is -2.44. The second kappa shape index (κ2) is 7.35. The fourth-order valence-corrected chi connectivity index (χ4v) is 3.92. The molecule has 23 heavy (non-hydrogen) atoms. The van der Waals surface area contributed by atoms with Gasteiger partial charge in [0.15, 0.2) is 0 Å². The highest BCUT2D eigenvalue weighted by molar-refractivity contribution is 7.88. The van der Waals surface area contributed by atoms with Crippen molar-refractivity contribution < 1.29 is 22.0 Å². The maximum Gasteiger partial charge on any atom is 0.279 e. The third-order valence-electron chi connectivity index (χ3n) is 3.83. The van der Waals surface area contributed by atoms with Crippen LogP contribution >= 0.6 is 0 Å². The van der Waals surface area contributed by atoms with Crippen molar-refractivity contribution in [3.05, 3.63) is 17.5 Å². The molecule has 130 valence electrons. The van der Waals surface area contributed by atoms with Crippen molar-refractivity contribution in [2.75, 3.05) is 19.3 Å². The van der Waals surface area contributed by atoms with Crippen molar-refractivity contribution in [3.8, 4) is 0 Å². The SMILES string of the molecule is CS(=O)(=O)N1CCCC[C@@H]1CCNC(=O)c1cc(C(F)F)[nH]n1. The standard InChI is InChI=1S/C13H20F2N4O3S/c1-23(21,22)19-7-3-2-4-9(19)5-6-16-13(20)11-8-10(12(14)15)17-18-11/h8-9,12H,2-7H2,1H3,(H,16,20)(H,17,18)/t9-/m1/s1. The molecule has 0 radical (unpaired) electrons. The first-order valence-corrected chi connectivity index (χ1v) is 9.22. The van der Waals surface area contributed by atoms with Crippen LogP contribution in [-0.4, -0.2) is 54.2 Å². The number of piperidine rings is 1. The van der Waals surface area contributed by atoms with Gasteiger partial charge in [-0.1, -0.05) is 6.42 Å². The zero-order valence-electron chi connectivity index (χ0n) is 12.8. The number of aromatic amines is 1. The third-order valence-corrected chi connectivity index (χ3v) is 5.16. The molecule has 0 aliphatic carbocycles. The summed E-state index contributed by atoms with van der Waals surface area (Å²) in [6.07, 6.45) is 1.47. The number of hydrogen-bond donors (Lipinski definition) is 2. The van der Waals surface area contributed by atoms with Crippen LogP contribution in [0.5, 0.6) is 0 Å². The molecule has 2 heterocycles. The number of alkyl halides is 2. The van der Waals surface area contributed by atoms with E-state index < -0.39 is 28.0 Å². The predicted octanol–water partition coefficient (Wildman–Crippen LogP) is 1.28. The van der Waals surface area contributed by atoms with Gasteiger partial charge in [-0.2, -0.15) is 9.40 Å². The van der Waals surface area contributed by atoms with Gasteiger partial charge < -0.3 is 5.32 Å². The van der Waals surface area contributed by atoms with Gasteiger partial charge >= 0.3 is 0 Å². The molecule has 2 rings (SSSR count). The highest BCUT2D eigenvalue weighted by Crippen LogP contribution is 2.22. The number of carbonyl (C=O) groups excluding carboxylic acids is 1. The van der Waals surface area contributed by atoms with Crippen LogP contribution in [0, 0.1) is 0 Å². The number of hydrogen-bond acceptors (Lipinski definition) is 4. The summed E-state index contributed by atoms with van der Waals surface area (Å²) in [5.41, 5.74) is -0.519. The highest BCUT2D eigenvalue weighted by atomic mass is 32.2. The first-order chi connectivity index (χ1) is 10.8. The Morgan fingerprint density at radius 2 is 2.26 bits per heavy atom. The molecule has 0 unspecified atom stereocenters. The number of amides is 1. The molecule has 0 saturated carbocycles. The lowest BCUT2D eigenvalue weighted by Gasteiger charge is -2.33. The molecular weight excluding hydrogens is 330 g/mol. The van der Waals surface area contributed by atoms with E-state index in [2.05, 4.69) is 15.5 Å². The Morgan fingerprint density at radius 3 is 2.87 bits per heavy atom. The van der Waals surface area contributed by atoms with Crippen molar-refractivity contribution in [2.24, 2.45) is 0 Å². The Kier molecular flexibility index (Phi) is 5.69. The minimum atomic E-state index is -3.26. The lowest BCUT2D eigenvalue weighted by atomic mass is 10.0. The molecule has 2 N–H and O–H groups in total. The number of H-pyrrole nitrogens is 1. The Hall–Kier alpha value is -1.55. The van der Waals surface area contributed by atoms with Gasteiger partial charge in [0.25, 0.3) is 12.3 Å². The summed E-state index contributed by atoms with van der Waals surface area (Å²) in [6, 6.07) is 0.860. The zero-order chi connectivity index (χ0) is 17.0. The van der Waals surface area contributed by atoms with Crippen LogP contribution in [0.15, 0.2) is 6.07 Å². The molecule has 1 atom stereocenters. The summed E-state index contributed by atoms with van der Waals surface area (Å²) >= 11 is 0. The number of carbonyl (C=O) groups is 1. The maximum atomic E-state index is 12.4. The van der Waals surface area contributed by atoms with Gasteiger partial charge in [0.2, 0.25) is 10.0 Å². The monoisotopic (exact) mass is 350 g/mol. The summed E-state index contributed by atoms with van der Waals surface area (Å²) in [6.45, 7) is 0.751. The van der Waals surface area contributed by atoms with Crippen LogP contribution in [-0.2, 0) is 10.0 Å². The molecule has 1 aromatic heterocycles. The molecule has 1 aliphatic rings. The number of sulfonamides is 1. The lowest BCUT2D eigenvalue weighted by molar-refractivity contribution is 0.0944. The van der Waals surface area contributed by atoms with Gasteiger partial charge in [0, 0.05) is 19.1 Å². The van der Waals surface area contributed by atoms with E-state index in [0.29, 0.717) is 13.0 Å². The van der Waals surface area contributed by atoms with Crippen molar-refractivity contribution in [1.82, 2.24) is 19.8 Å². The van der Waals surface area contributed by atoms with Gasteiger partial charge in [-0.3, -0.25) is 9.89 Å². The Balaban J connectivity index is 1.86. The van der Waals surface area contributed by atoms with E-state index in [-0.39, 0.29) is 18.3 Å². The molecule has 1 fully saturated rings. The molecule has 10 heteroatoms. The fourth-order valence-electron chi connectivity index (χ4n) is 2.71. The molecule has 0 spiro atoms. The molecule has 7 nitrogen and oxygen atoms in total. The van der Waals surface area contributed by atoms with Crippen LogP contribution in [0.25, 0.3) is 0 Å². The van der Waals surface area contributed by atoms with E-state index in [9.17, 15) is 22.0 Å². The first kappa shape index (κ1) is 17.8. The average molecular weight is 350 g/mol. The summed E-state index contributed by atoms with van der Waals surface area (Å²) in [5, 5.41) is 8.22. The normalized spacial score (nSPS) is 19.9. The van der Waals surface area contributed by atoms with Gasteiger partial charge in [-0.05, 0) is 25.3 Å². The second-order valence-corrected chi connectivity index (χ2v) is 7.51. The molecule has 1 amide bonds. The van der Waals surface area contributed by atoms with Crippen molar-refractivity contribution in [2.45, 2.75) is 38.2 Å². The Bertz CT molecular complexity index is 647. The topological polar surface area (TPSA) is 95.2 Å². The first-order valence-electron chi connectivity index (χ1n) is 7.37. The summed E-state index contributed by atoms with van der Waals surface area (Å²) < 4.78 is 49.8. The maximum absolute atomic E-state index is 12.4. The van der Waals surface area contributed by atoms with Crippen molar-refractivity contribution in [1.29, 1.82) is 0 Å². The number of aromatic nitrogens is 2. The highest BCUT2D eigenvalue weighted by Gasteiger charge is 2.29. The van der Waals surface area contributed by atoms with Crippen LogP contribution in [0.1, 0.15) is 48.3 Å². The van der Waals surface area contributed by atoms with E-state index in [0.717, 1.165) is 25.3 Å². The fraction of sp³-hybridized carbons (Fsp3) is 0.692. The summed E-state index contributed by atoms with van der Waals surface area (Å²) in [7, 11) is -3.26. The van der Waals surface area contributed by atoms with Gasteiger partial charge in [0.05, 0.1) is 6.26 Å². The average Bonchev–Trinajstić information content (AvgIpc) is 2.96. The van der Waals surface area contributed by atoms with Gasteiger partial charge in [0.1, 0.15) is 11.4 Å².